The Morgan fingerprint density at radius 2 is 2.04 bits per heavy atom. The van der Waals surface area contributed by atoms with Gasteiger partial charge in [0, 0.05) is 25.8 Å². The Hall–Kier alpha value is -2.39. The molecule has 2 heterocycles. The Bertz CT molecular complexity index is 787. The first-order valence-electron chi connectivity index (χ1n) is 7.76. The van der Waals surface area contributed by atoms with Crippen LogP contribution in [-0.4, -0.2) is 45.7 Å². The minimum atomic E-state index is 0.486. The molecule has 3 rings (SSSR count). The third-order valence-electron chi connectivity index (χ3n) is 3.46. The topological polar surface area (TPSA) is 88.1 Å². The number of hydrogen-bond donors (Lipinski definition) is 0. The van der Waals surface area contributed by atoms with Gasteiger partial charge in [0.15, 0.2) is 11.0 Å². The standard InChI is InChI=1S/C16H19N5O3S/c1-22-9-3-8-21-11-17-19-16(21)25-10-14-18-15(24-20-14)12-4-6-13(23-2)7-5-12/h4-7,11H,3,8-10H2,1-2H3. The maximum Gasteiger partial charge on any atom is 0.257 e. The molecule has 0 saturated carbocycles. The van der Waals surface area contributed by atoms with Crippen LogP contribution in [0.3, 0.4) is 0 Å². The van der Waals surface area contributed by atoms with Gasteiger partial charge in [-0.2, -0.15) is 4.98 Å². The van der Waals surface area contributed by atoms with E-state index >= 15 is 0 Å². The van der Waals surface area contributed by atoms with Crippen molar-refractivity contribution < 1.29 is 14.0 Å². The van der Waals surface area contributed by atoms with Crippen molar-refractivity contribution in [3.63, 3.8) is 0 Å². The molecule has 25 heavy (non-hydrogen) atoms. The molecule has 0 amide bonds. The van der Waals surface area contributed by atoms with E-state index in [0.29, 0.717) is 24.1 Å². The quantitative estimate of drug-likeness (QED) is 0.424. The molecule has 8 nitrogen and oxygen atoms in total. The van der Waals surface area contributed by atoms with Crippen molar-refractivity contribution in [2.45, 2.75) is 23.9 Å². The molecule has 0 bridgehead atoms. The van der Waals surface area contributed by atoms with Crippen LogP contribution < -0.4 is 4.74 Å². The van der Waals surface area contributed by atoms with Crippen molar-refractivity contribution in [2.24, 2.45) is 0 Å². The zero-order valence-electron chi connectivity index (χ0n) is 14.1. The van der Waals surface area contributed by atoms with E-state index in [1.54, 1.807) is 20.5 Å². The Morgan fingerprint density at radius 3 is 2.80 bits per heavy atom. The van der Waals surface area contributed by atoms with Gasteiger partial charge in [0.25, 0.3) is 5.89 Å². The Balaban J connectivity index is 1.59. The first-order valence-corrected chi connectivity index (χ1v) is 8.75. The van der Waals surface area contributed by atoms with E-state index in [9.17, 15) is 0 Å². The van der Waals surface area contributed by atoms with Gasteiger partial charge < -0.3 is 18.6 Å². The normalized spacial score (nSPS) is 11.0. The summed E-state index contributed by atoms with van der Waals surface area (Å²) in [4.78, 5) is 4.42. The van der Waals surface area contributed by atoms with Crippen molar-refractivity contribution in [1.29, 1.82) is 0 Å². The van der Waals surface area contributed by atoms with Gasteiger partial charge in [0.2, 0.25) is 0 Å². The molecule has 0 atom stereocenters. The minimum Gasteiger partial charge on any atom is -0.497 e. The van der Waals surface area contributed by atoms with Crippen LogP contribution in [0.4, 0.5) is 0 Å². The second-order valence-corrected chi connectivity index (χ2v) is 6.13. The summed E-state index contributed by atoms with van der Waals surface area (Å²) < 4.78 is 17.5. The molecule has 0 N–H and O–H groups in total. The van der Waals surface area contributed by atoms with Crippen LogP contribution in [0, 0.1) is 0 Å². The Labute approximate surface area is 149 Å². The molecule has 0 radical (unpaired) electrons. The summed E-state index contributed by atoms with van der Waals surface area (Å²) in [6.07, 6.45) is 2.63. The minimum absolute atomic E-state index is 0.486. The van der Waals surface area contributed by atoms with Crippen molar-refractivity contribution in [2.75, 3.05) is 20.8 Å². The van der Waals surface area contributed by atoms with Crippen LogP contribution in [0.5, 0.6) is 5.75 Å². The van der Waals surface area contributed by atoms with Gasteiger partial charge in [-0.15, -0.1) is 10.2 Å². The lowest BCUT2D eigenvalue weighted by atomic mass is 10.2. The average molecular weight is 361 g/mol. The number of rotatable bonds is 9. The highest BCUT2D eigenvalue weighted by Crippen LogP contribution is 2.23. The molecule has 0 spiro atoms. The van der Waals surface area contributed by atoms with Crippen molar-refractivity contribution in [3.8, 4) is 17.2 Å². The highest BCUT2D eigenvalue weighted by atomic mass is 32.2. The largest absolute Gasteiger partial charge is 0.497 e. The van der Waals surface area contributed by atoms with Crippen LogP contribution >= 0.6 is 11.8 Å². The predicted octanol–water partition coefficient (Wildman–Crippen LogP) is 2.67. The molecule has 132 valence electrons. The van der Waals surface area contributed by atoms with E-state index in [0.717, 1.165) is 29.4 Å². The average Bonchev–Trinajstić information content (AvgIpc) is 3.29. The number of ether oxygens (including phenoxy) is 2. The molecular weight excluding hydrogens is 342 g/mol. The third kappa shape index (κ3) is 4.58. The zero-order chi connectivity index (χ0) is 17.5. The molecule has 1 aromatic carbocycles. The second-order valence-electron chi connectivity index (χ2n) is 5.19. The van der Waals surface area contributed by atoms with Crippen LogP contribution in [0.1, 0.15) is 12.2 Å². The van der Waals surface area contributed by atoms with Gasteiger partial charge in [0.05, 0.1) is 12.9 Å². The maximum absolute atomic E-state index is 5.33. The van der Waals surface area contributed by atoms with Gasteiger partial charge >= 0.3 is 0 Å². The van der Waals surface area contributed by atoms with Crippen LogP contribution in [0.25, 0.3) is 11.5 Å². The van der Waals surface area contributed by atoms with E-state index in [2.05, 4.69) is 20.3 Å². The van der Waals surface area contributed by atoms with Gasteiger partial charge in [-0.05, 0) is 30.7 Å². The van der Waals surface area contributed by atoms with Gasteiger partial charge in [-0.1, -0.05) is 16.9 Å². The number of methoxy groups -OCH3 is 2. The fourth-order valence-electron chi connectivity index (χ4n) is 2.18. The lowest BCUT2D eigenvalue weighted by Gasteiger charge is -2.04. The molecule has 2 aromatic heterocycles. The summed E-state index contributed by atoms with van der Waals surface area (Å²) in [5, 5.41) is 12.9. The van der Waals surface area contributed by atoms with Gasteiger partial charge in [-0.3, -0.25) is 0 Å². The molecule has 9 heteroatoms. The van der Waals surface area contributed by atoms with E-state index in [1.165, 1.54) is 11.8 Å². The van der Waals surface area contributed by atoms with Crippen LogP contribution in [-0.2, 0) is 17.0 Å². The summed E-state index contributed by atoms with van der Waals surface area (Å²) in [5.41, 5.74) is 0.854. The third-order valence-corrected chi connectivity index (χ3v) is 4.44. The summed E-state index contributed by atoms with van der Waals surface area (Å²) in [7, 11) is 3.32. The van der Waals surface area contributed by atoms with Crippen LogP contribution in [0.15, 0.2) is 40.3 Å². The molecule has 3 aromatic rings. The summed E-state index contributed by atoms with van der Waals surface area (Å²) in [5.74, 6) is 2.44. The first kappa shape index (κ1) is 17.4. The van der Waals surface area contributed by atoms with E-state index in [-0.39, 0.29) is 0 Å². The molecule has 0 fully saturated rings. The van der Waals surface area contributed by atoms with Crippen molar-refractivity contribution >= 4 is 11.8 Å². The molecule has 0 aliphatic carbocycles. The maximum atomic E-state index is 5.33. The first-order chi connectivity index (χ1) is 12.3. The number of hydrogen-bond acceptors (Lipinski definition) is 8. The van der Waals surface area contributed by atoms with Crippen molar-refractivity contribution in [3.05, 3.63) is 36.4 Å². The lowest BCUT2D eigenvalue weighted by molar-refractivity contribution is 0.189. The number of aryl methyl sites for hydroxylation is 1. The fourth-order valence-corrected chi connectivity index (χ4v) is 2.97. The number of thioether (sulfide) groups is 1. The molecule has 0 saturated heterocycles. The van der Waals surface area contributed by atoms with E-state index < -0.39 is 0 Å². The molecule has 0 aliphatic rings. The SMILES string of the molecule is COCCCn1cnnc1SCc1noc(-c2ccc(OC)cc2)n1. The number of nitrogens with zero attached hydrogens (tertiary/aromatic N) is 5. The van der Waals surface area contributed by atoms with Crippen molar-refractivity contribution in [1.82, 2.24) is 24.9 Å². The number of aromatic nitrogens is 5. The monoisotopic (exact) mass is 361 g/mol. The van der Waals surface area contributed by atoms with Gasteiger partial charge in [0.1, 0.15) is 12.1 Å². The van der Waals surface area contributed by atoms with Crippen LogP contribution in [0.2, 0.25) is 0 Å². The Morgan fingerprint density at radius 1 is 1.20 bits per heavy atom. The summed E-state index contributed by atoms with van der Waals surface area (Å²) in [6, 6.07) is 7.48. The van der Waals surface area contributed by atoms with Gasteiger partial charge in [-0.25, -0.2) is 0 Å². The van der Waals surface area contributed by atoms with E-state index in [4.69, 9.17) is 14.0 Å². The zero-order valence-corrected chi connectivity index (χ0v) is 14.9. The second kappa shape index (κ2) is 8.63. The number of benzene rings is 1. The fraction of sp³-hybridized carbons (Fsp3) is 0.375. The highest BCUT2D eigenvalue weighted by molar-refractivity contribution is 7.98. The molecular formula is C16H19N5O3S. The molecule has 0 aliphatic heterocycles. The van der Waals surface area contributed by atoms with E-state index in [1.807, 2.05) is 28.8 Å². The smallest absolute Gasteiger partial charge is 0.257 e. The highest BCUT2D eigenvalue weighted by Gasteiger charge is 2.11. The summed E-state index contributed by atoms with van der Waals surface area (Å²) >= 11 is 1.52. The lowest BCUT2D eigenvalue weighted by Crippen LogP contribution is -2.02. The summed E-state index contributed by atoms with van der Waals surface area (Å²) in [6.45, 7) is 1.52. The predicted molar refractivity (Wildman–Crippen MR) is 92.4 cm³/mol. The Kier molecular flexibility index (Phi) is 6.02. The molecule has 0 unspecified atom stereocenters.